The van der Waals surface area contributed by atoms with Gasteiger partial charge in [-0.05, 0) is 69.2 Å². The number of hydroxylamine groups is 1. The highest BCUT2D eigenvalue weighted by Crippen LogP contribution is 2.47. The number of nitrogens with one attached hydrogen (secondary N) is 1. The maximum Gasteiger partial charge on any atom is 0.253 e. The zero-order chi connectivity index (χ0) is 22.9. The summed E-state index contributed by atoms with van der Waals surface area (Å²) in [5.74, 6) is -0.701. The highest BCUT2D eigenvalue weighted by Gasteiger charge is 2.60. The van der Waals surface area contributed by atoms with Gasteiger partial charge >= 0.3 is 0 Å². The summed E-state index contributed by atoms with van der Waals surface area (Å²) in [6.45, 7) is 5.13. The summed E-state index contributed by atoms with van der Waals surface area (Å²) in [7, 11) is -3.93. The summed E-state index contributed by atoms with van der Waals surface area (Å²) in [6.07, 6.45) is 0.110. The Morgan fingerprint density at radius 1 is 1.16 bits per heavy atom. The number of halogens is 1. The number of ether oxygens (including phenoxy) is 2. The fraction of sp³-hybridized carbons (Fsp3) is 0.409. The van der Waals surface area contributed by atoms with Gasteiger partial charge in [-0.3, -0.25) is 10.0 Å². The Hall–Kier alpha value is -2.49. The van der Waals surface area contributed by atoms with Gasteiger partial charge in [0.05, 0.1) is 21.2 Å². The molecular formula is C22H26FNO6S. The number of sulfone groups is 1. The minimum absolute atomic E-state index is 0.0429. The van der Waals surface area contributed by atoms with Crippen molar-refractivity contribution in [2.45, 2.75) is 49.5 Å². The lowest BCUT2D eigenvalue weighted by Gasteiger charge is -2.49. The van der Waals surface area contributed by atoms with Gasteiger partial charge in [-0.1, -0.05) is 12.1 Å². The lowest BCUT2D eigenvalue weighted by molar-refractivity contribution is -0.173. The molecule has 31 heavy (non-hydrogen) atoms. The molecule has 0 aliphatic carbocycles. The molecule has 1 saturated heterocycles. The van der Waals surface area contributed by atoms with Crippen LogP contribution >= 0.6 is 0 Å². The molecule has 2 N–H and O–H groups in total. The largest absolute Gasteiger partial charge is 0.489 e. The maximum atomic E-state index is 13.4. The Kier molecular flexibility index (Phi) is 6.40. The lowest BCUT2D eigenvalue weighted by Crippen LogP contribution is -2.64. The van der Waals surface area contributed by atoms with E-state index in [1.165, 1.54) is 43.3 Å². The number of benzene rings is 2. The molecule has 1 heterocycles. The predicted molar refractivity (Wildman–Crippen MR) is 111 cm³/mol. The summed E-state index contributed by atoms with van der Waals surface area (Å²) in [5, 5.41) is 8.16. The van der Waals surface area contributed by atoms with Crippen molar-refractivity contribution in [1.82, 2.24) is 5.48 Å². The average Bonchev–Trinajstić information content (AvgIpc) is 2.74. The van der Waals surface area contributed by atoms with Crippen molar-refractivity contribution in [3.05, 3.63) is 59.9 Å². The molecule has 168 valence electrons. The second kappa shape index (κ2) is 8.57. The molecule has 2 aromatic carbocycles. The van der Waals surface area contributed by atoms with Crippen LogP contribution in [0.25, 0.3) is 0 Å². The molecule has 0 spiro atoms. The molecule has 2 aromatic rings. The van der Waals surface area contributed by atoms with Crippen molar-refractivity contribution in [3.8, 4) is 5.75 Å². The van der Waals surface area contributed by atoms with Gasteiger partial charge in [0, 0.05) is 6.61 Å². The van der Waals surface area contributed by atoms with E-state index in [4.69, 9.17) is 9.47 Å². The SMILES string of the molecule is CC1(C)OCCC(S(=O)(=O)c2ccc(OCc3ccc(F)cc3)cc2)C1(C)C(=O)NO. The summed E-state index contributed by atoms with van der Waals surface area (Å²) in [5.41, 5.74) is -0.260. The molecule has 1 aliphatic rings. The Morgan fingerprint density at radius 3 is 2.35 bits per heavy atom. The van der Waals surface area contributed by atoms with Crippen LogP contribution in [-0.4, -0.2) is 37.0 Å². The first kappa shape index (κ1) is 23.2. The molecule has 1 aliphatic heterocycles. The number of hydrogen-bond donors (Lipinski definition) is 2. The quantitative estimate of drug-likeness (QED) is 0.516. The number of hydrogen-bond acceptors (Lipinski definition) is 6. The van der Waals surface area contributed by atoms with Crippen molar-refractivity contribution in [2.75, 3.05) is 6.61 Å². The first-order chi connectivity index (χ1) is 14.5. The molecule has 2 atom stereocenters. The normalized spacial score (nSPS) is 23.2. The zero-order valence-corrected chi connectivity index (χ0v) is 18.4. The highest BCUT2D eigenvalue weighted by atomic mass is 32.2. The van der Waals surface area contributed by atoms with Crippen LogP contribution in [0.1, 0.15) is 32.8 Å². The van der Waals surface area contributed by atoms with Gasteiger partial charge in [0.25, 0.3) is 5.91 Å². The molecule has 0 saturated carbocycles. The summed E-state index contributed by atoms with van der Waals surface area (Å²) < 4.78 is 51.2. The molecule has 9 heteroatoms. The van der Waals surface area contributed by atoms with E-state index < -0.39 is 32.0 Å². The highest BCUT2D eigenvalue weighted by molar-refractivity contribution is 7.92. The topological polar surface area (TPSA) is 102 Å². The van der Waals surface area contributed by atoms with Gasteiger partial charge < -0.3 is 9.47 Å². The van der Waals surface area contributed by atoms with Crippen LogP contribution in [0.2, 0.25) is 0 Å². The fourth-order valence-corrected chi connectivity index (χ4v) is 6.15. The van der Waals surface area contributed by atoms with E-state index in [0.717, 1.165) is 5.56 Å². The van der Waals surface area contributed by atoms with E-state index in [1.54, 1.807) is 31.5 Å². The summed E-state index contributed by atoms with van der Waals surface area (Å²) >= 11 is 0. The molecule has 0 radical (unpaired) electrons. The van der Waals surface area contributed by atoms with Crippen LogP contribution in [-0.2, 0) is 26.0 Å². The Labute approximate surface area is 181 Å². The van der Waals surface area contributed by atoms with E-state index in [-0.39, 0.29) is 30.3 Å². The molecule has 0 bridgehead atoms. The van der Waals surface area contributed by atoms with Crippen LogP contribution in [0.3, 0.4) is 0 Å². The first-order valence-corrected chi connectivity index (χ1v) is 11.4. The van der Waals surface area contributed by atoms with Crippen molar-refractivity contribution in [2.24, 2.45) is 5.41 Å². The first-order valence-electron chi connectivity index (χ1n) is 9.82. The van der Waals surface area contributed by atoms with Crippen LogP contribution in [0.4, 0.5) is 4.39 Å². The smallest absolute Gasteiger partial charge is 0.253 e. The third-order valence-electron chi connectivity index (χ3n) is 6.16. The van der Waals surface area contributed by atoms with Crippen LogP contribution in [0.15, 0.2) is 53.4 Å². The van der Waals surface area contributed by atoms with Crippen LogP contribution < -0.4 is 10.2 Å². The van der Waals surface area contributed by atoms with Crippen LogP contribution in [0, 0.1) is 11.2 Å². The standard InChI is InChI=1S/C22H26FNO6S/c1-21(2)22(3,20(25)24-26)19(12-13-30-21)31(27,28)18-10-8-17(9-11-18)29-14-15-4-6-16(23)7-5-15/h4-11,19,26H,12-14H2,1-3H3,(H,24,25). The van der Waals surface area contributed by atoms with Crippen molar-refractivity contribution in [1.29, 1.82) is 0 Å². The summed E-state index contributed by atoms with van der Waals surface area (Å²) in [4.78, 5) is 12.6. The molecule has 1 amide bonds. The predicted octanol–water partition coefficient (Wildman–Crippen LogP) is 3.26. The number of amides is 1. The fourth-order valence-electron chi connectivity index (χ4n) is 3.89. The second-order valence-electron chi connectivity index (χ2n) is 8.21. The monoisotopic (exact) mass is 451 g/mol. The van der Waals surface area contributed by atoms with Gasteiger partial charge in [0.15, 0.2) is 9.84 Å². The van der Waals surface area contributed by atoms with Gasteiger partial charge in [-0.25, -0.2) is 18.3 Å². The van der Waals surface area contributed by atoms with Gasteiger partial charge in [0.2, 0.25) is 0 Å². The maximum absolute atomic E-state index is 13.4. The number of rotatable bonds is 6. The average molecular weight is 452 g/mol. The van der Waals surface area contributed by atoms with E-state index in [2.05, 4.69) is 0 Å². The molecular weight excluding hydrogens is 425 g/mol. The minimum Gasteiger partial charge on any atom is -0.489 e. The third-order valence-corrected chi connectivity index (χ3v) is 8.54. The van der Waals surface area contributed by atoms with Crippen LogP contribution in [0.5, 0.6) is 5.75 Å². The van der Waals surface area contributed by atoms with Gasteiger partial charge in [-0.2, -0.15) is 0 Å². The Morgan fingerprint density at radius 2 is 1.77 bits per heavy atom. The number of carbonyl (C=O) groups is 1. The third kappa shape index (κ3) is 4.30. The van der Waals surface area contributed by atoms with E-state index in [1.807, 2.05) is 0 Å². The molecule has 0 aromatic heterocycles. The van der Waals surface area contributed by atoms with Crippen molar-refractivity contribution in [3.63, 3.8) is 0 Å². The van der Waals surface area contributed by atoms with Crippen molar-refractivity contribution < 1.29 is 32.3 Å². The molecule has 2 unspecified atom stereocenters. The van der Waals surface area contributed by atoms with Crippen molar-refractivity contribution >= 4 is 15.7 Å². The molecule has 1 fully saturated rings. The Balaban J connectivity index is 1.83. The van der Waals surface area contributed by atoms with E-state index >= 15 is 0 Å². The minimum atomic E-state index is -3.93. The molecule has 3 rings (SSSR count). The Bertz CT molecular complexity index is 1040. The van der Waals surface area contributed by atoms with Gasteiger partial charge in [0.1, 0.15) is 18.2 Å². The van der Waals surface area contributed by atoms with Gasteiger partial charge in [-0.15, -0.1) is 0 Å². The number of carbonyl (C=O) groups excluding carboxylic acids is 1. The van der Waals surface area contributed by atoms with E-state index in [0.29, 0.717) is 5.75 Å². The van der Waals surface area contributed by atoms with E-state index in [9.17, 15) is 22.8 Å². The molecule has 7 nitrogen and oxygen atoms in total. The second-order valence-corrected chi connectivity index (χ2v) is 10.3. The summed E-state index contributed by atoms with van der Waals surface area (Å²) in [6, 6.07) is 11.8. The zero-order valence-electron chi connectivity index (χ0n) is 17.6. The lowest BCUT2D eigenvalue weighted by atomic mass is 9.69.